The van der Waals surface area contributed by atoms with Gasteiger partial charge in [-0.1, -0.05) is 36.8 Å². The second kappa shape index (κ2) is 8.22. The van der Waals surface area contributed by atoms with Crippen LogP contribution in [0.3, 0.4) is 0 Å². The summed E-state index contributed by atoms with van der Waals surface area (Å²) in [5.41, 5.74) is 2.23. The van der Waals surface area contributed by atoms with Crippen molar-refractivity contribution in [2.75, 3.05) is 13.1 Å². The molecule has 1 aliphatic carbocycles. The van der Waals surface area contributed by atoms with E-state index in [2.05, 4.69) is 45.5 Å². The molecule has 1 amide bonds. The van der Waals surface area contributed by atoms with Gasteiger partial charge < -0.3 is 5.32 Å². The van der Waals surface area contributed by atoms with Crippen LogP contribution in [-0.2, 0) is 5.54 Å². The molecule has 0 bridgehead atoms. The molecule has 1 aromatic heterocycles. The molecule has 142 valence electrons. The number of hydrogen-bond donors (Lipinski definition) is 1. The quantitative estimate of drug-likeness (QED) is 0.888. The smallest absolute Gasteiger partial charge is 0.253 e. The van der Waals surface area contributed by atoms with Gasteiger partial charge in [-0.3, -0.25) is 14.7 Å². The van der Waals surface area contributed by atoms with E-state index in [1.165, 1.54) is 37.9 Å². The first-order chi connectivity index (χ1) is 13.3. The minimum Gasteiger partial charge on any atom is -0.349 e. The van der Waals surface area contributed by atoms with Gasteiger partial charge in [0.05, 0.1) is 5.56 Å². The first kappa shape index (κ1) is 18.2. The zero-order chi connectivity index (χ0) is 18.5. The average molecular weight is 364 g/mol. The Hall–Kier alpha value is -2.20. The molecule has 1 aliphatic heterocycles. The molecule has 4 nitrogen and oxygen atoms in total. The Bertz CT molecular complexity index is 733. The van der Waals surface area contributed by atoms with Crippen LogP contribution in [0.25, 0.3) is 0 Å². The number of aromatic nitrogens is 1. The number of carbonyl (C=O) groups is 1. The fourth-order valence-electron chi connectivity index (χ4n) is 4.86. The molecule has 0 atom stereocenters. The van der Waals surface area contributed by atoms with Crippen molar-refractivity contribution in [3.63, 3.8) is 0 Å². The Labute approximate surface area is 162 Å². The number of hydrogen-bond acceptors (Lipinski definition) is 3. The SMILES string of the molecule is O=C(NC1CCC(c2ccccc2)(N2CCCCC2)CC1)c1cccnc1. The third-order valence-electron chi connectivity index (χ3n) is 6.34. The molecule has 1 saturated heterocycles. The predicted octanol–water partition coefficient (Wildman–Crippen LogP) is 4.14. The van der Waals surface area contributed by atoms with E-state index >= 15 is 0 Å². The molecule has 27 heavy (non-hydrogen) atoms. The van der Waals surface area contributed by atoms with Crippen molar-refractivity contribution in [2.45, 2.75) is 56.5 Å². The number of pyridine rings is 1. The fraction of sp³-hybridized carbons (Fsp3) is 0.478. The summed E-state index contributed by atoms with van der Waals surface area (Å²) in [6, 6.07) is 14.9. The predicted molar refractivity (Wildman–Crippen MR) is 108 cm³/mol. The van der Waals surface area contributed by atoms with Crippen molar-refractivity contribution in [3.8, 4) is 0 Å². The maximum atomic E-state index is 12.5. The van der Waals surface area contributed by atoms with Crippen molar-refractivity contribution in [3.05, 3.63) is 66.0 Å². The van der Waals surface area contributed by atoms with Crippen molar-refractivity contribution in [2.24, 2.45) is 0 Å². The van der Waals surface area contributed by atoms with E-state index in [1.807, 2.05) is 12.1 Å². The molecule has 1 aromatic carbocycles. The Morgan fingerprint density at radius 2 is 1.74 bits per heavy atom. The average Bonchev–Trinajstić information content (AvgIpc) is 2.76. The number of carbonyl (C=O) groups excluding carboxylic acids is 1. The van der Waals surface area contributed by atoms with Gasteiger partial charge >= 0.3 is 0 Å². The molecule has 2 heterocycles. The van der Waals surface area contributed by atoms with E-state index in [-0.39, 0.29) is 17.5 Å². The van der Waals surface area contributed by atoms with Crippen LogP contribution in [0.15, 0.2) is 54.9 Å². The highest BCUT2D eigenvalue weighted by atomic mass is 16.1. The zero-order valence-corrected chi connectivity index (χ0v) is 15.9. The lowest BCUT2D eigenvalue weighted by Gasteiger charge is -2.50. The van der Waals surface area contributed by atoms with Crippen molar-refractivity contribution < 1.29 is 4.79 Å². The van der Waals surface area contributed by atoms with Crippen LogP contribution >= 0.6 is 0 Å². The molecule has 2 fully saturated rings. The van der Waals surface area contributed by atoms with E-state index in [4.69, 9.17) is 0 Å². The van der Waals surface area contributed by atoms with Crippen molar-refractivity contribution in [1.29, 1.82) is 0 Å². The highest BCUT2D eigenvalue weighted by molar-refractivity contribution is 5.94. The lowest BCUT2D eigenvalue weighted by Crippen LogP contribution is -2.53. The number of likely N-dealkylation sites (tertiary alicyclic amines) is 1. The van der Waals surface area contributed by atoms with Gasteiger partial charge in [0, 0.05) is 24.0 Å². The number of amides is 1. The van der Waals surface area contributed by atoms with Crippen LogP contribution in [0.1, 0.15) is 60.9 Å². The summed E-state index contributed by atoms with van der Waals surface area (Å²) in [7, 11) is 0. The maximum absolute atomic E-state index is 12.5. The van der Waals surface area contributed by atoms with E-state index in [0.717, 1.165) is 25.7 Å². The molecule has 0 unspecified atom stereocenters. The van der Waals surface area contributed by atoms with E-state index in [9.17, 15) is 4.79 Å². The fourth-order valence-corrected chi connectivity index (χ4v) is 4.86. The molecule has 4 heteroatoms. The monoisotopic (exact) mass is 363 g/mol. The molecule has 4 rings (SSSR count). The summed E-state index contributed by atoms with van der Waals surface area (Å²) >= 11 is 0. The molecule has 2 aliphatic rings. The van der Waals surface area contributed by atoms with Gasteiger partial charge in [-0.2, -0.15) is 0 Å². The highest BCUT2D eigenvalue weighted by Crippen LogP contribution is 2.43. The van der Waals surface area contributed by atoms with Crippen LogP contribution in [0.4, 0.5) is 0 Å². The second-order valence-corrected chi connectivity index (χ2v) is 7.93. The summed E-state index contributed by atoms with van der Waals surface area (Å²) < 4.78 is 0. The van der Waals surface area contributed by atoms with Crippen molar-refractivity contribution >= 4 is 5.91 Å². The van der Waals surface area contributed by atoms with Crippen LogP contribution < -0.4 is 5.32 Å². The van der Waals surface area contributed by atoms with Crippen LogP contribution in [0, 0.1) is 0 Å². The van der Waals surface area contributed by atoms with Gasteiger partial charge in [0.1, 0.15) is 0 Å². The number of piperidine rings is 1. The number of benzene rings is 1. The topological polar surface area (TPSA) is 45.2 Å². The number of nitrogens with zero attached hydrogens (tertiary/aromatic N) is 2. The largest absolute Gasteiger partial charge is 0.349 e. The minimum absolute atomic E-state index is 0.00159. The van der Waals surface area contributed by atoms with Crippen LogP contribution in [-0.4, -0.2) is 34.9 Å². The molecule has 2 aromatic rings. The first-order valence-electron chi connectivity index (χ1n) is 10.3. The Kier molecular flexibility index (Phi) is 5.53. The van der Waals surface area contributed by atoms with Crippen LogP contribution in [0.2, 0.25) is 0 Å². The van der Waals surface area contributed by atoms with Crippen molar-refractivity contribution in [1.82, 2.24) is 15.2 Å². The summed E-state index contributed by atoms with van der Waals surface area (Å²) in [6.45, 7) is 2.39. The summed E-state index contributed by atoms with van der Waals surface area (Å²) in [6.07, 6.45) is 11.6. The zero-order valence-electron chi connectivity index (χ0n) is 15.9. The molecule has 1 saturated carbocycles. The Balaban J connectivity index is 1.47. The third kappa shape index (κ3) is 3.91. The Morgan fingerprint density at radius 1 is 1.00 bits per heavy atom. The van der Waals surface area contributed by atoms with Gasteiger partial charge in [0.25, 0.3) is 5.91 Å². The summed E-state index contributed by atoms with van der Waals surface area (Å²) in [4.78, 5) is 19.3. The lowest BCUT2D eigenvalue weighted by molar-refractivity contribution is 0.0227. The normalized spacial score (nSPS) is 26.4. The van der Waals surface area contributed by atoms with Gasteiger partial charge in [-0.15, -0.1) is 0 Å². The van der Waals surface area contributed by atoms with E-state index in [0.29, 0.717) is 5.56 Å². The van der Waals surface area contributed by atoms with E-state index in [1.54, 1.807) is 12.4 Å². The standard InChI is InChI=1S/C23H29N3O/c27-22(19-8-7-15-24-18-19)25-21-11-13-23(14-12-21,20-9-3-1-4-10-20)26-16-5-2-6-17-26/h1,3-4,7-10,15,18,21H,2,5-6,11-14,16-17H2,(H,25,27). The van der Waals surface area contributed by atoms with Gasteiger partial charge in [-0.25, -0.2) is 0 Å². The molecule has 0 spiro atoms. The lowest BCUT2D eigenvalue weighted by atomic mass is 9.73. The van der Waals surface area contributed by atoms with Gasteiger partial charge in [0.2, 0.25) is 0 Å². The molecule has 0 radical (unpaired) electrons. The van der Waals surface area contributed by atoms with Gasteiger partial charge in [0.15, 0.2) is 0 Å². The Morgan fingerprint density at radius 3 is 2.41 bits per heavy atom. The minimum atomic E-state index is -0.00159. The highest BCUT2D eigenvalue weighted by Gasteiger charge is 2.42. The molecular formula is C23H29N3O. The summed E-state index contributed by atoms with van der Waals surface area (Å²) in [5, 5.41) is 3.23. The molecule has 1 N–H and O–H groups in total. The van der Waals surface area contributed by atoms with Crippen LogP contribution in [0.5, 0.6) is 0 Å². The summed E-state index contributed by atoms with van der Waals surface area (Å²) in [5.74, 6) is -0.00159. The van der Waals surface area contributed by atoms with Gasteiger partial charge in [-0.05, 0) is 69.3 Å². The third-order valence-corrected chi connectivity index (χ3v) is 6.34. The first-order valence-corrected chi connectivity index (χ1v) is 10.3. The number of rotatable bonds is 4. The number of nitrogens with one attached hydrogen (secondary N) is 1. The maximum Gasteiger partial charge on any atom is 0.253 e. The molecular weight excluding hydrogens is 334 g/mol. The second-order valence-electron chi connectivity index (χ2n) is 7.93. The van der Waals surface area contributed by atoms with E-state index < -0.39 is 0 Å².